The first-order chi connectivity index (χ1) is 33.4. The van der Waals surface area contributed by atoms with Crippen molar-refractivity contribution in [1.82, 2.24) is 25.3 Å². The lowest BCUT2D eigenvalue weighted by Gasteiger charge is -2.18. The SMILES string of the molecule is COc1cc(-c2cc3ncccc3c(NC[C@H]3CC(=O)C[C@@H]3C)n2)cc(OC)c1OC.COc1cc(-c2cc3ncccc3c(OS(=O)(=O)C(F)(F)F)n2)cc(OC)c1OC.C[C@H]1NC(=O)C[C@@H]1CN. The van der Waals surface area contributed by atoms with Gasteiger partial charge in [0.25, 0.3) is 0 Å². The first-order valence-electron chi connectivity index (χ1n) is 21.8. The molecule has 4 aromatic heterocycles. The Kier molecular flexibility index (Phi) is 16.8. The first-order valence-corrected chi connectivity index (χ1v) is 23.2. The second-order valence-electron chi connectivity index (χ2n) is 16.2. The van der Waals surface area contributed by atoms with Crippen LogP contribution in [0.3, 0.4) is 0 Å². The molecule has 0 unspecified atom stereocenters. The summed E-state index contributed by atoms with van der Waals surface area (Å²) in [7, 11) is 3.01. The number of benzene rings is 2. The summed E-state index contributed by atoms with van der Waals surface area (Å²) in [5, 5.41) is 7.21. The number of alkyl halides is 3. The summed E-state index contributed by atoms with van der Waals surface area (Å²) in [6, 6.07) is 17.1. The van der Waals surface area contributed by atoms with E-state index in [4.69, 9.17) is 39.1 Å². The molecule has 6 aromatic rings. The zero-order chi connectivity index (χ0) is 50.9. The third-order valence-electron chi connectivity index (χ3n) is 11.8. The van der Waals surface area contributed by atoms with E-state index in [9.17, 15) is 31.2 Å². The van der Waals surface area contributed by atoms with Crippen molar-refractivity contribution < 1.29 is 63.8 Å². The lowest BCUT2D eigenvalue weighted by Crippen LogP contribution is -2.28. The molecule has 1 aliphatic heterocycles. The highest BCUT2D eigenvalue weighted by Crippen LogP contribution is 2.43. The molecule has 2 aromatic carbocycles. The summed E-state index contributed by atoms with van der Waals surface area (Å²) in [6.45, 7) is 5.43. The van der Waals surface area contributed by atoms with E-state index in [0.29, 0.717) is 84.5 Å². The van der Waals surface area contributed by atoms with Gasteiger partial charge in [-0.05, 0) is 91.9 Å². The normalized spacial score (nSPS) is 17.7. The zero-order valence-corrected chi connectivity index (χ0v) is 40.5. The summed E-state index contributed by atoms with van der Waals surface area (Å²) in [4.78, 5) is 39.9. The number of methoxy groups -OCH3 is 6. The molecular weight excluding hydrogens is 940 g/mol. The first kappa shape index (κ1) is 52.2. The number of halogens is 3. The number of nitrogens with one attached hydrogen (secondary N) is 2. The molecule has 0 radical (unpaired) electrons. The lowest BCUT2D eigenvalue weighted by atomic mass is 9.98. The van der Waals surface area contributed by atoms with Gasteiger partial charge in [-0.25, -0.2) is 9.97 Å². The van der Waals surface area contributed by atoms with Crippen molar-refractivity contribution in [2.45, 2.75) is 44.7 Å². The van der Waals surface area contributed by atoms with Gasteiger partial charge in [-0.1, -0.05) is 6.92 Å². The van der Waals surface area contributed by atoms with Gasteiger partial charge < -0.3 is 49.0 Å². The molecule has 1 aliphatic carbocycles. The number of hydrogen-bond donors (Lipinski definition) is 3. The maximum Gasteiger partial charge on any atom is 0.534 e. The molecule has 1 saturated carbocycles. The molecule has 4 atom stereocenters. The molecule has 8 rings (SSSR count). The molecule has 1 amide bonds. The van der Waals surface area contributed by atoms with Crippen LogP contribution in [-0.4, -0.2) is 107 Å². The lowest BCUT2D eigenvalue weighted by molar-refractivity contribution is -0.119. The second kappa shape index (κ2) is 22.5. The minimum atomic E-state index is -5.94. The van der Waals surface area contributed by atoms with Crippen LogP contribution in [0.2, 0.25) is 0 Å². The smallest absolute Gasteiger partial charge is 0.493 e. The Morgan fingerprint density at radius 1 is 0.700 bits per heavy atom. The fraction of sp³-hybridized carbons (Fsp3) is 0.375. The van der Waals surface area contributed by atoms with E-state index in [-0.39, 0.29) is 40.0 Å². The minimum Gasteiger partial charge on any atom is -0.493 e. The van der Waals surface area contributed by atoms with Gasteiger partial charge in [-0.15, -0.1) is 0 Å². The molecule has 0 bridgehead atoms. The van der Waals surface area contributed by atoms with Crippen LogP contribution in [0.1, 0.15) is 33.1 Å². The van der Waals surface area contributed by atoms with E-state index >= 15 is 0 Å². The molecule has 70 heavy (non-hydrogen) atoms. The number of aromatic nitrogens is 4. The Labute approximate surface area is 402 Å². The molecule has 4 N–H and O–H groups in total. The van der Waals surface area contributed by atoms with E-state index in [0.717, 1.165) is 28.0 Å². The number of anilines is 1. The van der Waals surface area contributed by atoms with Crippen LogP contribution in [-0.2, 0) is 19.7 Å². The zero-order valence-electron chi connectivity index (χ0n) is 39.7. The van der Waals surface area contributed by atoms with Gasteiger partial charge in [0.15, 0.2) is 23.0 Å². The molecule has 2 aliphatic rings. The van der Waals surface area contributed by atoms with Crippen LogP contribution in [0.25, 0.3) is 44.3 Å². The highest BCUT2D eigenvalue weighted by atomic mass is 32.2. The maximum atomic E-state index is 12.8. The number of fused-ring (bicyclic) bond motifs is 2. The van der Waals surface area contributed by atoms with Crippen molar-refractivity contribution in [2.24, 2.45) is 23.5 Å². The van der Waals surface area contributed by atoms with Crippen molar-refractivity contribution in [3.63, 3.8) is 0 Å². The van der Waals surface area contributed by atoms with Crippen molar-refractivity contribution in [3.05, 3.63) is 73.1 Å². The number of carbonyl (C=O) groups excluding carboxylic acids is 2. The number of ether oxygens (including phenoxy) is 6. The maximum absolute atomic E-state index is 12.8. The average Bonchev–Trinajstić information content (AvgIpc) is 3.87. The third-order valence-corrected chi connectivity index (χ3v) is 12.7. The Morgan fingerprint density at radius 2 is 1.20 bits per heavy atom. The average molecular weight is 994 g/mol. The van der Waals surface area contributed by atoms with Crippen LogP contribution in [0.5, 0.6) is 40.4 Å². The van der Waals surface area contributed by atoms with Crippen molar-refractivity contribution in [2.75, 3.05) is 61.1 Å². The van der Waals surface area contributed by atoms with Gasteiger partial charge in [0.1, 0.15) is 11.6 Å². The van der Waals surface area contributed by atoms with Gasteiger partial charge in [0.05, 0.1) is 70.5 Å². The van der Waals surface area contributed by atoms with Gasteiger partial charge >= 0.3 is 15.6 Å². The predicted octanol–water partition coefficient (Wildman–Crippen LogP) is 7.37. The molecule has 2 fully saturated rings. The summed E-state index contributed by atoms with van der Waals surface area (Å²) in [5.41, 5.74) is 2.76. The van der Waals surface area contributed by atoms with Crippen LogP contribution < -0.4 is 49.0 Å². The van der Waals surface area contributed by atoms with Gasteiger partial charge in [-0.2, -0.15) is 21.6 Å². The Bertz CT molecular complexity index is 2910. The number of rotatable bonds is 14. The Hall–Kier alpha value is -7.20. The number of Topliss-reactive ketones (excluding diaryl/α,β-unsaturated/α-hetero) is 1. The van der Waals surface area contributed by atoms with E-state index in [1.807, 2.05) is 37.3 Å². The van der Waals surface area contributed by atoms with E-state index in [2.05, 4.69) is 36.7 Å². The van der Waals surface area contributed by atoms with Crippen LogP contribution in [0, 0.1) is 17.8 Å². The topological polar surface area (TPSA) is 235 Å². The van der Waals surface area contributed by atoms with Crippen LogP contribution in [0.15, 0.2) is 73.1 Å². The molecular formula is C48H54F3N7O11S. The van der Waals surface area contributed by atoms with Crippen molar-refractivity contribution >= 4 is 49.4 Å². The molecule has 1 saturated heterocycles. The summed E-state index contributed by atoms with van der Waals surface area (Å²) in [6.07, 6.45) is 5.05. The number of nitrogens with zero attached hydrogens (tertiary/aromatic N) is 4. The molecule has 0 spiro atoms. The third kappa shape index (κ3) is 11.8. The molecule has 374 valence electrons. The molecule has 18 nitrogen and oxygen atoms in total. The summed E-state index contributed by atoms with van der Waals surface area (Å²) >= 11 is 0. The number of carbonyl (C=O) groups is 2. The molecule has 5 heterocycles. The van der Waals surface area contributed by atoms with Crippen LogP contribution in [0.4, 0.5) is 19.0 Å². The van der Waals surface area contributed by atoms with E-state index in [1.54, 1.807) is 27.5 Å². The van der Waals surface area contributed by atoms with Gasteiger partial charge in [0, 0.05) is 60.8 Å². The highest BCUT2D eigenvalue weighted by molar-refractivity contribution is 7.88. The van der Waals surface area contributed by atoms with E-state index < -0.39 is 21.5 Å². The minimum absolute atomic E-state index is 0.0125. The predicted molar refractivity (Wildman–Crippen MR) is 255 cm³/mol. The monoisotopic (exact) mass is 993 g/mol. The van der Waals surface area contributed by atoms with Crippen molar-refractivity contribution in [3.8, 4) is 62.9 Å². The second-order valence-corrected chi connectivity index (χ2v) is 17.8. The van der Waals surface area contributed by atoms with Gasteiger partial charge in [0.2, 0.25) is 23.3 Å². The number of nitrogens with two attached hydrogens (primary N) is 1. The quantitative estimate of drug-likeness (QED) is 0.0714. The largest absolute Gasteiger partial charge is 0.534 e. The molecule has 22 heteroatoms. The fourth-order valence-corrected chi connectivity index (χ4v) is 8.39. The standard InChI is InChI=1S/C24H27N3O4.C18H15F3N2O6S.C6H12N2O/c1-14-8-17(28)9-16(14)13-26-24-18-6-5-7-25-20(18)12-19(27-24)15-10-21(29-2)23(31-4)22(11-15)30-3;1-26-14-7-10(8-15(27-2)16(14)28-3)12-9-13-11(5-4-6-22-13)17(23-12)29-30(24,25)18(19,20)21;1-4-5(3-7)2-6(9)8-4/h5-7,10-12,14,16H,8-9,13H2,1-4H3,(H,26,27);4-9H,1-3H3;4-5H,2-3,7H2,1H3,(H,8,9)/t14-,16+;;4-,5-/m0.1/s1. The highest BCUT2D eigenvalue weighted by Gasteiger charge is 2.49. The van der Waals surface area contributed by atoms with Crippen molar-refractivity contribution in [1.29, 1.82) is 0 Å². The Balaban J connectivity index is 0.000000195. The number of amides is 1. The van der Waals surface area contributed by atoms with E-state index in [1.165, 1.54) is 57.9 Å². The number of ketones is 1. The summed E-state index contributed by atoms with van der Waals surface area (Å²) < 4.78 is 98.0. The summed E-state index contributed by atoms with van der Waals surface area (Å²) in [5.74, 6) is 3.99. The number of hydrogen-bond acceptors (Lipinski definition) is 17. The fourth-order valence-electron chi connectivity index (χ4n) is 7.96. The Morgan fingerprint density at radius 3 is 1.61 bits per heavy atom. The van der Waals surface area contributed by atoms with Crippen LogP contribution >= 0.6 is 0 Å². The number of pyridine rings is 4. The van der Waals surface area contributed by atoms with Gasteiger partial charge in [-0.3, -0.25) is 19.6 Å².